The Morgan fingerprint density at radius 3 is 2.77 bits per heavy atom. The van der Waals surface area contributed by atoms with Crippen molar-refractivity contribution < 1.29 is 4.79 Å². The molecule has 1 heterocycles. The number of carbonyl (C=O) groups excluding carboxylic acids is 1. The Morgan fingerprint density at radius 2 is 2.23 bits per heavy atom. The van der Waals surface area contributed by atoms with E-state index in [1.165, 1.54) is 18.3 Å². The lowest BCUT2D eigenvalue weighted by Gasteiger charge is -2.01. The predicted molar refractivity (Wildman–Crippen MR) is 47.6 cm³/mol. The quantitative estimate of drug-likeness (QED) is 0.682. The van der Waals surface area contributed by atoms with Crippen molar-refractivity contribution >= 4 is 5.91 Å². The number of hydrogen-bond acceptors (Lipinski definition) is 2. The monoisotopic (exact) mass is 178 g/mol. The molecule has 1 amide bonds. The van der Waals surface area contributed by atoms with Gasteiger partial charge in [-0.2, -0.15) is 0 Å². The second kappa shape index (κ2) is 3.05. The minimum atomic E-state index is -0.192. The first-order valence-electron chi connectivity index (χ1n) is 4.25. The van der Waals surface area contributed by atoms with E-state index in [0.717, 1.165) is 12.8 Å². The smallest absolute Gasteiger partial charge is 0.252 e. The van der Waals surface area contributed by atoms with Crippen molar-refractivity contribution in [2.24, 2.45) is 0 Å². The lowest BCUT2D eigenvalue weighted by Crippen LogP contribution is -2.26. The summed E-state index contributed by atoms with van der Waals surface area (Å²) in [6.07, 6.45) is 3.56. The van der Waals surface area contributed by atoms with Crippen molar-refractivity contribution in [3.05, 3.63) is 34.2 Å². The number of nitrogens with one attached hydrogen (secondary N) is 2. The van der Waals surface area contributed by atoms with E-state index in [2.05, 4.69) is 10.3 Å². The molecule has 0 unspecified atom stereocenters. The molecule has 1 aromatic heterocycles. The van der Waals surface area contributed by atoms with Gasteiger partial charge < -0.3 is 10.3 Å². The number of amides is 1. The minimum Gasteiger partial charge on any atom is -0.349 e. The number of pyridine rings is 1. The maximum absolute atomic E-state index is 11.4. The molecule has 1 aliphatic rings. The lowest BCUT2D eigenvalue weighted by atomic mass is 10.3. The molecule has 0 saturated heterocycles. The first-order chi connectivity index (χ1) is 6.25. The topological polar surface area (TPSA) is 62.0 Å². The fourth-order valence-corrected chi connectivity index (χ4v) is 1.05. The van der Waals surface area contributed by atoms with Gasteiger partial charge in [0, 0.05) is 18.3 Å². The maximum Gasteiger partial charge on any atom is 0.252 e. The Bertz CT molecular complexity index is 359. The third-order valence-corrected chi connectivity index (χ3v) is 1.96. The van der Waals surface area contributed by atoms with Crippen molar-refractivity contribution in [1.29, 1.82) is 0 Å². The van der Waals surface area contributed by atoms with Gasteiger partial charge in [-0.05, 0) is 18.9 Å². The Hall–Kier alpha value is -1.58. The molecule has 4 heteroatoms. The third kappa shape index (κ3) is 1.96. The Morgan fingerprint density at radius 1 is 1.46 bits per heavy atom. The summed E-state index contributed by atoms with van der Waals surface area (Å²) in [5.41, 5.74) is 0.314. The van der Waals surface area contributed by atoms with Crippen molar-refractivity contribution in [2.75, 3.05) is 0 Å². The van der Waals surface area contributed by atoms with Crippen molar-refractivity contribution in [3.63, 3.8) is 0 Å². The lowest BCUT2D eigenvalue weighted by molar-refractivity contribution is 0.0950. The normalized spacial score (nSPS) is 15.4. The second-order valence-corrected chi connectivity index (χ2v) is 3.19. The van der Waals surface area contributed by atoms with Crippen LogP contribution in [0.5, 0.6) is 0 Å². The molecular weight excluding hydrogens is 168 g/mol. The largest absolute Gasteiger partial charge is 0.349 e. The van der Waals surface area contributed by atoms with Crippen LogP contribution in [-0.4, -0.2) is 16.9 Å². The Kier molecular flexibility index (Phi) is 1.88. The van der Waals surface area contributed by atoms with E-state index in [-0.39, 0.29) is 11.5 Å². The van der Waals surface area contributed by atoms with Gasteiger partial charge in [-0.15, -0.1) is 0 Å². The van der Waals surface area contributed by atoms with Crippen molar-refractivity contribution in [2.45, 2.75) is 18.9 Å². The minimum absolute atomic E-state index is 0.112. The molecular formula is C9H10N2O2. The van der Waals surface area contributed by atoms with Crippen LogP contribution in [-0.2, 0) is 0 Å². The van der Waals surface area contributed by atoms with Crippen LogP contribution in [0.15, 0.2) is 23.1 Å². The van der Waals surface area contributed by atoms with Gasteiger partial charge in [0.1, 0.15) is 0 Å². The zero-order valence-corrected chi connectivity index (χ0v) is 7.04. The third-order valence-electron chi connectivity index (χ3n) is 1.96. The highest BCUT2D eigenvalue weighted by molar-refractivity contribution is 5.94. The molecule has 1 aliphatic carbocycles. The molecule has 0 atom stereocenters. The average molecular weight is 178 g/mol. The summed E-state index contributed by atoms with van der Waals surface area (Å²) in [5, 5.41) is 2.83. The first-order valence-corrected chi connectivity index (χ1v) is 4.25. The molecule has 2 N–H and O–H groups in total. The SMILES string of the molecule is O=C(NC1CC1)c1ccc(=O)[nH]c1. The van der Waals surface area contributed by atoms with Gasteiger partial charge in [0.25, 0.3) is 5.91 Å². The van der Waals surface area contributed by atoms with Crippen LogP contribution in [0.4, 0.5) is 0 Å². The predicted octanol–water partition coefficient (Wildman–Crippen LogP) is 0.267. The van der Waals surface area contributed by atoms with Gasteiger partial charge >= 0.3 is 0 Å². The average Bonchev–Trinajstić information content (AvgIpc) is 2.89. The molecule has 0 radical (unpaired) electrons. The van der Waals surface area contributed by atoms with Crippen LogP contribution < -0.4 is 10.9 Å². The van der Waals surface area contributed by atoms with E-state index < -0.39 is 0 Å². The van der Waals surface area contributed by atoms with Crippen molar-refractivity contribution in [3.8, 4) is 0 Å². The molecule has 1 fully saturated rings. The fourth-order valence-electron chi connectivity index (χ4n) is 1.05. The highest BCUT2D eigenvalue weighted by Crippen LogP contribution is 2.18. The van der Waals surface area contributed by atoms with Gasteiger partial charge in [-0.1, -0.05) is 0 Å². The summed E-state index contributed by atoms with van der Waals surface area (Å²) in [6, 6.07) is 3.22. The Labute approximate surface area is 75.0 Å². The zero-order chi connectivity index (χ0) is 9.26. The molecule has 4 nitrogen and oxygen atoms in total. The summed E-state index contributed by atoms with van der Waals surface area (Å²) in [7, 11) is 0. The highest BCUT2D eigenvalue weighted by Gasteiger charge is 2.23. The molecule has 0 aromatic carbocycles. The molecule has 1 saturated carbocycles. The van der Waals surface area contributed by atoms with Gasteiger partial charge in [0.2, 0.25) is 5.56 Å². The van der Waals surface area contributed by atoms with E-state index in [9.17, 15) is 9.59 Å². The van der Waals surface area contributed by atoms with Gasteiger partial charge in [0.15, 0.2) is 0 Å². The number of rotatable bonds is 2. The molecule has 0 spiro atoms. The number of hydrogen-bond donors (Lipinski definition) is 2. The van der Waals surface area contributed by atoms with Crippen LogP contribution in [0.2, 0.25) is 0 Å². The number of H-pyrrole nitrogens is 1. The standard InChI is InChI=1S/C9H10N2O2/c12-8-4-1-6(5-10-8)9(13)11-7-2-3-7/h1,4-5,7H,2-3H2,(H,10,12)(H,11,13). The number of aromatic nitrogens is 1. The highest BCUT2D eigenvalue weighted by atomic mass is 16.2. The molecule has 1 aromatic rings. The van der Waals surface area contributed by atoms with Crippen LogP contribution in [0.3, 0.4) is 0 Å². The number of aromatic amines is 1. The molecule has 2 rings (SSSR count). The fraction of sp³-hybridized carbons (Fsp3) is 0.333. The summed E-state index contributed by atoms with van der Waals surface area (Å²) < 4.78 is 0. The van der Waals surface area contributed by atoms with Gasteiger partial charge in [-0.25, -0.2) is 0 Å². The van der Waals surface area contributed by atoms with Crippen LogP contribution in [0.1, 0.15) is 23.2 Å². The van der Waals surface area contributed by atoms with Crippen LogP contribution in [0, 0.1) is 0 Å². The first kappa shape index (κ1) is 8.04. The summed E-state index contributed by atoms with van der Waals surface area (Å²) in [6.45, 7) is 0. The maximum atomic E-state index is 11.4. The van der Waals surface area contributed by atoms with Gasteiger partial charge in [0.05, 0.1) is 5.56 Å². The van der Waals surface area contributed by atoms with Crippen LogP contribution >= 0.6 is 0 Å². The van der Waals surface area contributed by atoms with E-state index in [0.29, 0.717) is 11.6 Å². The van der Waals surface area contributed by atoms with E-state index in [1.807, 2.05) is 0 Å². The van der Waals surface area contributed by atoms with E-state index in [1.54, 1.807) is 0 Å². The number of carbonyl (C=O) groups is 1. The van der Waals surface area contributed by atoms with Gasteiger partial charge in [-0.3, -0.25) is 9.59 Å². The summed E-state index contributed by atoms with van der Waals surface area (Å²) in [5.74, 6) is -0.112. The van der Waals surface area contributed by atoms with E-state index >= 15 is 0 Å². The summed E-state index contributed by atoms with van der Waals surface area (Å²) >= 11 is 0. The summed E-state index contributed by atoms with van der Waals surface area (Å²) in [4.78, 5) is 24.5. The molecule has 68 valence electrons. The zero-order valence-electron chi connectivity index (χ0n) is 7.04. The second-order valence-electron chi connectivity index (χ2n) is 3.19. The van der Waals surface area contributed by atoms with Crippen LogP contribution in [0.25, 0.3) is 0 Å². The van der Waals surface area contributed by atoms with E-state index in [4.69, 9.17) is 0 Å². The molecule has 13 heavy (non-hydrogen) atoms. The molecule has 0 aliphatic heterocycles. The Balaban J connectivity index is 2.10. The van der Waals surface area contributed by atoms with Crippen molar-refractivity contribution in [1.82, 2.24) is 10.3 Å². The molecule has 0 bridgehead atoms.